The van der Waals surface area contributed by atoms with Gasteiger partial charge in [0.2, 0.25) is 0 Å². The van der Waals surface area contributed by atoms with Crippen molar-refractivity contribution in [1.82, 2.24) is 0 Å². The molecule has 0 radical (unpaired) electrons. The lowest BCUT2D eigenvalue weighted by atomic mass is 9.88. The molecule has 100 valence electrons. The minimum Gasteiger partial charge on any atom is -0.487 e. The standard InChI is InChI=1S/C14H19BrO3/c1-4-17-14-11(16)7-12(14)18-10-5-8(2)13(15)9(3)6-10/h5-6,11-12,14,16H,4,7H2,1-3H3. The Balaban J connectivity index is 2.06. The Morgan fingerprint density at radius 3 is 2.44 bits per heavy atom. The molecule has 0 aromatic heterocycles. The fourth-order valence-electron chi connectivity index (χ4n) is 2.23. The molecule has 2 rings (SSSR count). The van der Waals surface area contributed by atoms with Crippen LogP contribution in [0.5, 0.6) is 5.75 Å². The van der Waals surface area contributed by atoms with Crippen molar-refractivity contribution in [2.45, 2.75) is 45.5 Å². The number of halogens is 1. The molecule has 3 atom stereocenters. The van der Waals surface area contributed by atoms with Gasteiger partial charge in [0.1, 0.15) is 18.0 Å². The average molecular weight is 315 g/mol. The van der Waals surface area contributed by atoms with Crippen molar-refractivity contribution in [3.05, 3.63) is 27.7 Å². The zero-order valence-corrected chi connectivity index (χ0v) is 12.5. The van der Waals surface area contributed by atoms with E-state index >= 15 is 0 Å². The topological polar surface area (TPSA) is 38.7 Å². The van der Waals surface area contributed by atoms with E-state index in [1.54, 1.807) is 0 Å². The Morgan fingerprint density at radius 2 is 1.94 bits per heavy atom. The SMILES string of the molecule is CCOC1C(O)CC1Oc1cc(C)c(Br)c(C)c1. The first kappa shape index (κ1) is 13.8. The molecule has 18 heavy (non-hydrogen) atoms. The average Bonchev–Trinajstić information content (AvgIpc) is 2.32. The smallest absolute Gasteiger partial charge is 0.130 e. The van der Waals surface area contributed by atoms with Crippen molar-refractivity contribution in [3.8, 4) is 5.75 Å². The summed E-state index contributed by atoms with van der Waals surface area (Å²) in [6.45, 7) is 6.61. The van der Waals surface area contributed by atoms with Gasteiger partial charge in [0.15, 0.2) is 0 Å². The maximum Gasteiger partial charge on any atom is 0.130 e. The van der Waals surface area contributed by atoms with Crippen LogP contribution in [0.2, 0.25) is 0 Å². The van der Waals surface area contributed by atoms with Crippen LogP contribution in [0, 0.1) is 13.8 Å². The van der Waals surface area contributed by atoms with Crippen LogP contribution < -0.4 is 4.74 Å². The van der Waals surface area contributed by atoms with Gasteiger partial charge in [-0.15, -0.1) is 0 Å². The molecular weight excluding hydrogens is 296 g/mol. The Bertz CT molecular complexity index is 410. The number of hydrogen-bond donors (Lipinski definition) is 1. The second-order valence-electron chi connectivity index (χ2n) is 4.75. The molecule has 3 nitrogen and oxygen atoms in total. The summed E-state index contributed by atoms with van der Waals surface area (Å²) in [5, 5.41) is 9.63. The summed E-state index contributed by atoms with van der Waals surface area (Å²) in [5.41, 5.74) is 2.30. The van der Waals surface area contributed by atoms with Crippen molar-refractivity contribution in [1.29, 1.82) is 0 Å². The molecule has 1 N–H and O–H groups in total. The Labute approximate surface area is 116 Å². The van der Waals surface area contributed by atoms with Crippen LogP contribution in [0.1, 0.15) is 24.5 Å². The van der Waals surface area contributed by atoms with Crippen LogP contribution >= 0.6 is 15.9 Å². The second kappa shape index (κ2) is 5.59. The number of aliphatic hydroxyl groups is 1. The van der Waals surface area contributed by atoms with Crippen LogP contribution in [0.4, 0.5) is 0 Å². The van der Waals surface area contributed by atoms with Crippen molar-refractivity contribution >= 4 is 15.9 Å². The van der Waals surface area contributed by atoms with Crippen molar-refractivity contribution in [3.63, 3.8) is 0 Å². The van der Waals surface area contributed by atoms with Gasteiger partial charge in [-0.3, -0.25) is 0 Å². The fraction of sp³-hybridized carbons (Fsp3) is 0.571. The van der Waals surface area contributed by atoms with Gasteiger partial charge in [-0.05, 0) is 44.0 Å². The number of rotatable bonds is 4. The predicted molar refractivity (Wildman–Crippen MR) is 74.1 cm³/mol. The first-order chi connectivity index (χ1) is 8.52. The lowest BCUT2D eigenvalue weighted by Gasteiger charge is -2.40. The third-order valence-corrected chi connectivity index (χ3v) is 4.53. The van der Waals surface area contributed by atoms with E-state index in [0.29, 0.717) is 13.0 Å². The molecule has 0 saturated heterocycles. The van der Waals surface area contributed by atoms with Crippen LogP contribution in [0.15, 0.2) is 16.6 Å². The third kappa shape index (κ3) is 2.71. The molecule has 4 heteroatoms. The largest absolute Gasteiger partial charge is 0.487 e. The molecule has 1 fully saturated rings. The maximum atomic E-state index is 9.63. The quantitative estimate of drug-likeness (QED) is 0.928. The molecule has 1 saturated carbocycles. The minimum absolute atomic E-state index is 0.0417. The Hall–Kier alpha value is -0.580. The molecule has 3 unspecified atom stereocenters. The van der Waals surface area contributed by atoms with Gasteiger partial charge in [0.25, 0.3) is 0 Å². The summed E-state index contributed by atoms with van der Waals surface area (Å²) in [5.74, 6) is 0.842. The highest BCUT2D eigenvalue weighted by atomic mass is 79.9. The highest BCUT2D eigenvalue weighted by Crippen LogP contribution is 2.32. The van der Waals surface area contributed by atoms with E-state index in [9.17, 15) is 5.11 Å². The summed E-state index contributed by atoms with van der Waals surface area (Å²) in [7, 11) is 0. The molecule has 0 aliphatic heterocycles. The molecule has 1 aromatic rings. The highest BCUT2D eigenvalue weighted by Gasteiger charge is 2.42. The summed E-state index contributed by atoms with van der Waals surface area (Å²) in [6.07, 6.45) is 0.00511. The zero-order chi connectivity index (χ0) is 13.3. The van der Waals surface area contributed by atoms with Gasteiger partial charge in [-0.2, -0.15) is 0 Å². The van der Waals surface area contributed by atoms with Crippen molar-refractivity contribution in [2.75, 3.05) is 6.61 Å². The van der Waals surface area contributed by atoms with E-state index in [1.165, 1.54) is 0 Å². The molecule has 0 heterocycles. The van der Waals surface area contributed by atoms with Gasteiger partial charge in [-0.25, -0.2) is 0 Å². The first-order valence-corrected chi connectivity index (χ1v) is 7.05. The fourth-order valence-corrected chi connectivity index (χ4v) is 2.46. The van der Waals surface area contributed by atoms with E-state index in [0.717, 1.165) is 21.3 Å². The van der Waals surface area contributed by atoms with Gasteiger partial charge < -0.3 is 14.6 Å². The maximum absolute atomic E-state index is 9.63. The molecule has 0 spiro atoms. The number of hydrogen-bond acceptors (Lipinski definition) is 3. The molecule has 0 bridgehead atoms. The van der Waals surface area contributed by atoms with Gasteiger partial charge in [0.05, 0.1) is 6.10 Å². The minimum atomic E-state index is -0.396. The lowest BCUT2D eigenvalue weighted by Crippen LogP contribution is -2.55. The van der Waals surface area contributed by atoms with Crippen molar-refractivity contribution in [2.24, 2.45) is 0 Å². The van der Waals surface area contributed by atoms with Gasteiger partial charge in [0, 0.05) is 17.5 Å². The molecule has 1 aromatic carbocycles. The van der Waals surface area contributed by atoms with Crippen LogP contribution in [0.25, 0.3) is 0 Å². The van der Waals surface area contributed by atoms with E-state index in [1.807, 2.05) is 32.9 Å². The first-order valence-electron chi connectivity index (χ1n) is 6.26. The monoisotopic (exact) mass is 314 g/mol. The molecular formula is C14H19BrO3. The molecule has 0 amide bonds. The summed E-state index contributed by atoms with van der Waals surface area (Å²) >= 11 is 3.54. The highest BCUT2D eigenvalue weighted by molar-refractivity contribution is 9.10. The number of aliphatic hydroxyl groups excluding tert-OH is 1. The van der Waals surface area contributed by atoms with Gasteiger partial charge in [-0.1, -0.05) is 15.9 Å². The Morgan fingerprint density at radius 1 is 1.33 bits per heavy atom. The van der Waals surface area contributed by atoms with Crippen LogP contribution in [-0.2, 0) is 4.74 Å². The van der Waals surface area contributed by atoms with E-state index in [2.05, 4.69) is 15.9 Å². The zero-order valence-electron chi connectivity index (χ0n) is 10.9. The Kier molecular flexibility index (Phi) is 4.30. The second-order valence-corrected chi connectivity index (χ2v) is 5.54. The summed E-state index contributed by atoms with van der Waals surface area (Å²) in [6, 6.07) is 4.01. The third-order valence-electron chi connectivity index (χ3n) is 3.28. The van der Waals surface area contributed by atoms with E-state index < -0.39 is 6.10 Å². The normalized spacial score (nSPS) is 26.8. The van der Waals surface area contributed by atoms with Gasteiger partial charge >= 0.3 is 0 Å². The van der Waals surface area contributed by atoms with E-state index in [4.69, 9.17) is 9.47 Å². The predicted octanol–water partition coefficient (Wildman–Crippen LogP) is 2.98. The van der Waals surface area contributed by atoms with Crippen LogP contribution in [-0.4, -0.2) is 30.0 Å². The number of aryl methyl sites for hydroxylation is 2. The number of ether oxygens (including phenoxy) is 2. The lowest BCUT2D eigenvalue weighted by molar-refractivity contribution is -0.160. The summed E-state index contributed by atoms with van der Waals surface area (Å²) in [4.78, 5) is 0. The molecule has 1 aliphatic rings. The van der Waals surface area contributed by atoms with Crippen LogP contribution in [0.3, 0.4) is 0 Å². The van der Waals surface area contributed by atoms with E-state index in [-0.39, 0.29) is 12.2 Å². The summed E-state index contributed by atoms with van der Waals surface area (Å²) < 4.78 is 12.5. The molecule has 1 aliphatic carbocycles. The number of benzene rings is 1. The van der Waals surface area contributed by atoms with Crippen molar-refractivity contribution < 1.29 is 14.6 Å².